The van der Waals surface area contributed by atoms with Crippen molar-refractivity contribution in [3.05, 3.63) is 81.8 Å². The number of thioether (sulfide) groups is 1. The number of hydrogen-bond acceptors (Lipinski definition) is 3. The van der Waals surface area contributed by atoms with Gasteiger partial charge in [-0.05, 0) is 43.5 Å². The van der Waals surface area contributed by atoms with E-state index in [1.807, 2.05) is 55.9 Å². The third kappa shape index (κ3) is 3.21. The zero-order valence-corrected chi connectivity index (χ0v) is 17.9. The predicted octanol–water partition coefficient (Wildman–Crippen LogP) is 4.21. The van der Waals surface area contributed by atoms with Gasteiger partial charge in [0.1, 0.15) is 11.1 Å². The summed E-state index contributed by atoms with van der Waals surface area (Å²) in [7, 11) is 1.86. The Morgan fingerprint density at radius 1 is 1.00 bits per heavy atom. The van der Waals surface area contributed by atoms with Crippen molar-refractivity contribution in [3.63, 3.8) is 0 Å². The molecule has 0 bridgehead atoms. The minimum atomic E-state index is -0.207. The van der Waals surface area contributed by atoms with E-state index in [4.69, 9.17) is 0 Å². The highest BCUT2D eigenvalue weighted by Crippen LogP contribution is 2.45. The van der Waals surface area contributed by atoms with Crippen LogP contribution in [0.25, 0.3) is 5.69 Å². The van der Waals surface area contributed by atoms with E-state index in [-0.39, 0.29) is 22.1 Å². The van der Waals surface area contributed by atoms with E-state index in [0.717, 1.165) is 23.4 Å². The minimum Gasteiger partial charge on any atom is -0.288 e. The number of aromatic nitrogens is 2. The van der Waals surface area contributed by atoms with E-state index < -0.39 is 0 Å². The van der Waals surface area contributed by atoms with Crippen LogP contribution in [0.3, 0.4) is 0 Å². The van der Waals surface area contributed by atoms with Crippen LogP contribution in [0, 0.1) is 6.92 Å². The van der Waals surface area contributed by atoms with Crippen molar-refractivity contribution in [2.75, 3.05) is 4.90 Å². The molecule has 0 N–H and O–H groups in total. The third-order valence-corrected chi connectivity index (χ3v) is 6.94. The van der Waals surface area contributed by atoms with Gasteiger partial charge < -0.3 is 0 Å². The van der Waals surface area contributed by atoms with Gasteiger partial charge in [-0.25, -0.2) is 4.68 Å². The monoisotopic (exact) mass is 407 g/mol. The first-order valence-corrected chi connectivity index (χ1v) is 10.8. The molecule has 1 aliphatic heterocycles. The van der Waals surface area contributed by atoms with E-state index in [0.29, 0.717) is 5.69 Å². The van der Waals surface area contributed by atoms with E-state index >= 15 is 0 Å². The lowest BCUT2D eigenvalue weighted by atomic mass is 10.1. The fraction of sp³-hybridized carbons (Fsp3) is 0.304. The Morgan fingerprint density at radius 3 is 2.28 bits per heavy atom. The summed E-state index contributed by atoms with van der Waals surface area (Å²) in [5.74, 6) is -0.0226. The van der Waals surface area contributed by atoms with Crippen molar-refractivity contribution in [1.82, 2.24) is 9.36 Å². The molecule has 6 heteroatoms. The number of amides is 1. The van der Waals surface area contributed by atoms with E-state index in [1.165, 1.54) is 5.56 Å². The maximum atomic E-state index is 13.5. The molecule has 0 spiro atoms. The molecule has 0 saturated carbocycles. The average molecular weight is 408 g/mol. The smallest absolute Gasteiger partial charge is 0.288 e. The third-order valence-electron chi connectivity index (χ3n) is 5.59. The quantitative estimate of drug-likeness (QED) is 0.651. The molecule has 1 saturated heterocycles. The second kappa shape index (κ2) is 7.59. The Balaban J connectivity index is 1.85. The van der Waals surface area contributed by atoms with Crippen molar-refractivity contribution >= 4 is 23.4 Å². The lowest BCUT2D eigenvalue weighted by Crippen LogP contribution is -2.34. The molecule has 29 heavy (non-hydrogen) atoms. The van der Waals surface area contributed by atoms with Gasteiger partial charge in [-0.2, -0.15) is 0 Å². The summed E-state index contributed by atoms with van der Waals surface area (Å²) in [6, 6.07) is 17.9. The van der Waals surface area contributed by atoms with Crippen molar-refractivity contribution in [2.24, 2.45) is 7.05 Å². The van der Waals surface area contributed by atoms with Gasteiger partial charge in [-0.15, -0.1) is 11.8 Å². The number of carbonyl (C=O) groups is 1. The molecule has 0 radical (unpaired) electrons. The second-order valence-electron chi connectivity index (χ2n) is 7.34. The fourth-order valence-electron chi connectivity index (χ4n) is 3.83. The molecule has 3 aromatic rings. The zero-order valence-electron chi connectivity index (χ0n) is 17.1. The zero-order chi connectivity index (χ0) is 20.7. The van der Waals surface area contributed by atoms with Crippen LogP contribution in [-0.4, -0.2) is 20.5 Å². The van der Waals surface area contributed by atoms with Gasteiger partial charge in [0.05, 0.1) is 16.6 Å². The highest BCUT2D eigenvalue weighted by atomic mass is 32.2. The Kier molecular flexibility index (Phi) is 5.13. The Morgan fingerprint density at radius 2 is 1.66 bits per heavy atom. The molecule has 1 aliphatic rings. The molecule has 1 amide bonds. The second-order valence-corrected chi connectivity index (χ2v) is 8.77. The molecule has 2 atom stereocenters. The summed E-state index contributed by atoms with van der Waals surface area (Å²) in [5.41, 5.74) is 4.14. The van der Waals surface area contributed by atoms with Crippen molar-refractivity contribution in [2.45, 2.75) is 37.8 Å². The van der Waals surface area contributed by atoms with E-state index in [1.54, 1.807) is 21.3 Å². The summed E-state index contributed by atoms with van der Waals surface area (Å²) >= 11 is 1.59. The highest BCUT2D eigenvalue weighted by Gasteiger charge is 2.42. The number of nitrogens with zero attached hydrogens (tertiary/aromatic N) is 3. The predicted molar refractivity (Wildman–Crippen MR) is 119 cm³/mol. The van der Waals surface area contributed by atoms with Gasteiger partial charge in [0.2, 0.25) is 5.91 Å². The molecular formula is C23H25N3O2S. The Labute approximate surface area is 174 Å². The van der Waals surface area contributed by atoms with E-state index in [2.05, 4.69) is 31.2 Å². The molecule has 0 unspecified atom stereocenters. The topological polar surface area (TPSA) is 47.2 Å². The normalized spacial score (nSPS) is 19.2. The van der Waals surface area contributed by atoms with Gasteiger partial charge in [0.25, 0.3) is 5.56 Å². The first-order valence-electron chi connectivity index (χ1n) is 9.85. The lowest BCUT2D eigenvalue weighted by Gasteiger charge is -2.23. The number of anilines is 1. The standard InChI is InChI=1S/C23H25N3O2S/c1-5-17-11-13-18(14-12-17)23-25(21(27)16(3)29-23)20-15(2)24(4)26(22(20)28)19-9-7-6-8-10-19/h6-14,16,23H,5H2,1-4H3/t16-,23-/m1/s1. The summed E-state index contributed by atoms with van der Waals surface area (Å²) < 4.78 is 3.45. The maximum Gasteiger partial charge on any atom is 0.295 e. The molecule has 0 aliphatic carbocycles. The number of carbonyl (C=O) groups excluding carboxylic acids is 1. The average Bonchev–Trinajstić information content (AvgIpc) is 3.15. The maximum absolute atomic E-state index is 13.5. The van der Waals surface area contributed by atoms with Crippen molar-refractivity contribution < 1.29 is 4.79 Å². The summed E-state index contributed by atoms with van der Waals surface area (Å²) in [4.78, 5) is 28.3. The van der Waals surface area contributed by atoms with Crippen LogP contribution < -0.4 is 10.5 Å². The molecule has 4 rings (SSSR count). The van der Waals surface area contributed by atoms with Gasteiger partial charge in [0.15, 0.2) is 0 Å². The highest BCUT2D eigenvalue weighted by molar-refractivity contribution is 8.01. The molecule has 2 heterocycles. The molecular weight excluding hydrogens is 382 g/mol. The van der Waals surface area contributed by atoms with Crippen LogP contribution >= 0.6 is 11.8 Å². The van der Waals surface area contributed by atoms with Crippen LogP contribution in [0.2, 0.25) is 0 Å². The van der Waals surface area contributed by atoms with Crippen LogP contribution in [-0.2, 0) is 18.3 Å². The van der Waals surface area contributed by atoms with Crippen LogP contribution in [0.5, 0.6) is 0 Å². The molecule has 2 aromatic carbocycles. The molecule has 5 nitrogen and oxygen atoms in total. The van der Waals surface area contributed by atoms with Gasteiger partial charge >= 0.3 is 0 Å². The number of rotatable bonds is 4. The van der Waals surface area contributed by atoms with Crippen LogP contribution in [0.15, 0.2) is 59.4 Å². The van der Waals surface area contributed by atoms with Gasteiger partial charge in [-0.3, -0.25) is 19.2 Å². The summed E-state index contributed by atoms with van der Waals surface area (Å²) in [6.45, 7) is 5.93. The van der Waals surface area contributed by atoms with Crippen LogP contribution in [0.1, 0.15) is 36.0 Å². The number of benzene rings is 2. The van der Waals surface area contributed by atoms with Crippen LogP contribution in [0.4, 0.5) is 5.69 Å². The lowest BCUT2D eigenvalue weighted by molar-refractivity contribution is -0.117. The Bertz CT molecular complexity index is 1100. The number of hydrogen-bond donors (Lipinski definition) is 0. The van der Waals surface area contributed by atoms with Crippen molar-refractivity contribution in [1.29, 1.82) is 0 Å². The summed E-state index contributed by atoms with van der Waals surface area (Å²) in [6.07, 6.45) is 0.969. The fourth-order valence-corrected chi connectivity index (χ4v) is 5.09. The Hall–Kier alpha value is -2.73. The van der Waals surface area contributed by atoms with Gasteiger partial charge in [0, 0.05) is 7.05 Å². The molecule has 1 fully saturated rings. The SMILES string of the molecule is CCc1ccc([C@H]2S[C@H](C)C(=O)N2c2c(C)n(C)n(-c3ccccc3)c2=O)cc1. The van der Waals surface area contributed by atoms with Crippen molar-refractivity contribution in [3.8, 4) is 5.69 Å². The first kappa shape index (κ1) is 19.6. The van der Waals surface area contributed by atoms with Gasteiger partial charge in [-0.1, -0.05) is 49.4 Å². The van der Waals surface area contributed by atoms with E-state index in [9.17, 15) is 9.59 Å². The summed E-state index contributed by atoms with van der Waals surface area (Å²) in [5, 5.41) is -0.406. The first-order chi connectivity index (χ1) is 13.9. The number of para-hydroxylation sites is 1. The molecule has 1 aromatic heterocycles. The minimum absolute atomic E-state index is 0.0226. The largest absolute Gasteiger partial charge is 0.295 e. The number of aryl methyl sites for hydroxylation is 1. The molecule has 150 valence electrons.